The molecule has 0 saturated carbocycles. The number of carbonyl (C=O) groups excluding carboxylic acids is 1. The zero-order valence-electron chi connectivity index (χ0n) is 9.86. The van der Waals surface area contributed by atoms with Crippen molar-refractivity contribution < 1.29 is 4.79 Å². The Hall–Kier alpha value is -1.36. The summed E-state index contributed by atoms with van der Waals surface area (Å²) in [7, 11) is 0. The predicted octanol–water partition coefficient (Wildman–Crippen LogP) is 0.380. The maximum atomic E-state index is 11.3. The van der Waals surface area contributed by atoms with Gasteiger partial charge in [0.2, 0.25) is 0 Å². The highest BCUT2D eigenvalue weighted by molar-refractivity contribution is 5.92. The number of carbonyl (C=O) groups is 1. The molecular formula is C11H18N4O. The molecular weight excluding hydrogens is 204 g/mol. The number of fused-ring (bicyclic) bond motifs is 1. The molecule has 2 rings (SSSR count). The average Bonchev–Trinajstić information content (AvgIpc) is 2.66. The van der Waals surface area contributed by atoms with Gasteiger partial charge in [-0.3, -0.25) is 14.4 Å². The minimum absolute atomic E-state index is 0.415. The lowest BCUT2D eigenvalue weighted by Crippen LogP contribution is -2.31. The third-order valence-corrected chi connectivity index (χ3v) is 3.19. The Bertz CT molecular complexity index is 410. The predicted molar refractivity (Wildman–Crippen MR) is 61.1 cm³/mol. The zero-order valence-corrected chi connectivity index (χ0v) is 9.86. The van der Waals surface area contributed by atoms with E-state index < -0.39 is 5.91 Å². The SMILES string of the molecule is CCN1CCc2c(c(C(N)=O)nn2CC)C1. The van der Waals surface area contributed by atoms with Crippen LogP contribution in [0.25, 0.3) is 0 Å². The Labute approximate surface area is 95.2 Å². The van der Waals surface area contributed by atoms with Gasteiger partial charge in [0.1, 0.15) is 0 Å². The first-order chi connectivity index (χ1) is 7.67. The monoisotopic (exact) mass is 222 g/mol. The van der Waals surface area contributed by atoms with Crippen LogP contribution in [-0.2, 0) is 19.5 Å². The molecule has 2 N–H and O–H groups in total. The van der Waals surface area contributed by atoms with Gasteiger partial charge >= 0.3 is 0 Å². The van der Waals surface area contributed by atoms with E-state index in [1.807, 2.05) is 11.6 Å². The molecule has 0 bridgehead atoms. The van der Waals surface area contributed by atoms with E-state index in [1.165, 1.54) is 5.69 Å². The van der Waals surface area contributed by atoms with Crippen molar-refractivity contribution in [3.63, 3.8) is 0 Å². The van der Waals surface area contributed by atoms with Gasteiger partial charge in [0, 0.05) is 37.3 Å². The summed E-state index contributed by atoms with van der Waals surface area (Å²) in [5.41, 5.74) is 8.02. The summed E-state index contributed by atoms with van der Waals surface area (Å²) < 4.78 is 1.91. The summed E-state index contributed by atoms with van der Waals surface area (Å²) in [4.78, 5) is 13.6. The normalized spacial score (nSPS) is 16.1. The highest BCUT2D eigenvalue weighted by Gasteiger charge is 2.25. The second-order valence-electron chi connectivity index (χ2n) is 4.07. The van der Waals surface area contributed by atoms with Gasteiger partial charge in [-0.15, -0.1) is 0 Å². The minimum Gasteiger partial charge on any atom is -0.364 e. The van der Waals surface area contributed by atoms with E-state index >= 15 is 0 Å². The lowest BCUT2D eigenvalue weighted by molar-refractivity contribution is 0.0992. The van der Waals surface area contributed by atoms with E-state index in [0.29, 0.717) is 5.69 Å². The fraction of sp³-hybridized carbons (Fsp3) is 0.636. The summed E-state index contributed by atoms with van der Waals surface area (Å²) in [6.07, 6.45) is 0.956. The first-order valence-corrected chi connectivity index (χ1v) is 5.78. The van der Waals surface area contributed by atoms with E-state index in [1.54, 1.807) is 0 Å². The van der Waals surface area contributed by atoms with Crippen molar-refractivity contribution in [1.82, 2.24) is 14.7 Å². The topological polar surface area (TPSA) is 64.2 Å². The first-order valence-electron chi connectivity index (χ1n) is 5.78. The van der Waals surface area contributed by atoms with Crippen molar-refractivity contribution in [3.8, 4) is 0 Å². The second-order valence-corrected chi connectivity index (χ2v) is 4.07. The Morgan fingerprint density at radius 2 is 2.19 bits per heavy atom. The van der Waals surface area contributed by atoms with Gasteiger partial charge in [0.15, 0.2) is 5.69 Å². The quantitative estimate of drug-likeness (QED) is 0.804. The standard InChI is InChI=1S/C11H18N4O/c1-3-14-6-5-9-8(7-14)10(11(12)16)13-15(9)4-2/h3-7H2,1-2H3,(H2,12,16). The fourth-order valence-electron chi connectivity index (χ4n) is 2.28. The molecule has 1 aliphatic heterocycles. The van der Waals surface area contributed by atoms with Gasteiger partial charge < -0.3 is 5.73 Å². The lowest BCUT2D eigenvalue weighted by atomic mass is 10.0. The van der Waals surface area contributed by atoms with Crippen LogP contribution in [0.5, 0.6) is 0 Å². The van der Waals surface area contributed by atoms with Crippen LogP contribution in [0.1, 0.15) is 35.6 Å². The van der Waals surface area contributed by atoms with Crippen LogP contribution in [0, 0.1) is 0 Å². The van der Waals surface area contributed by atoms with E-state index in [2.05, 4.69) is 16.9 Å². The van der Waals surface area contributed by atoms with E-state index in [4.69, 9.17) is 5.73 Å². The molecule has 0 radical (unpaired) electrons. The molecule has 0 fully saturated rings. The largest absolute Gasteiger partial charge is 0.364 e. The van der Waals surface area contributed by atoms with E-state index in [-0.39, 0.29) is 0 Å². The molecule has 88 valence electrons. The molecule has 0 spiro atoms. The number of aryl methyl sites for hydroxylation is 1. The average molecular weight is 222 g/mol. The Kier molecular flexibility index (Phi) is 2.96. The van der Waals surface area contributed by atoms with Crippen LogP contribution in [0.3, 0.4) is 0 Å². The summed E-state index contributed by atoms with van der Waals surface area (Å²) >= 11 is 0. The molecule has 0 aliphatic carbocycles. The van der Waals surface area contributed by atoms with Crippen LogP contribution in [0.4, 0.5) is 0 Å². The minimum atomic E-state index is -0.415. The molecule has 1 aromatic rings. The van der Waals surface area contributed by atoms with Crippen molar-refractivity contribution in [2.24, 2.45) is 5.73 Å². The van der Waals surface area contributed by atoms with E-state index in [0.717, 1.165) is 38.2 Å². The van der Waals surface area contributed by atoms with Crippen molar-refractivity contribution in [2.45, 2.75) is 33.4 Å². The van der Waals surface area contributed by atoms with Gasteiger partial charge in [-0.05, 0) is 13.5 Å². The number of likely N-dealkylation sites (N-methyl/N-ethyl adjacent to an activating group) is 1. The molecule has 1 aliphatic rings. The van der Waals surface area contributed by atoms with Gasteiger partial charge in [-0.25, -0.2) is 0 Å². The summed E-state index contributed by atoms with van der Waals surface area (Å²) in [6, 6.07) is 0. The summed E-state index contributed by atoms with van der Waals surface area (Å²) in [6.45, 7) is 7.78. The van der Waals surface area contributed by atoms with Crippen molar-refractivity contribution in [3.05, 3.63) is 17.0 Å². The Morgan fingerprint density at radius 1 is 1.44 bits per heavy atom. The maximum Gasteiger partial charge on any atom is 0.269 e. The fourth-order valence-corrected chi connectivity index (χ4v) is 2.28. The highest BCUT2D eigenvalue weighted by atomic mass is 16.1. The summed E-state index contributed by atoms with van der Waals surface area (Å²) in [5, 5.41) is 4.29. The Balaban J connectivity index is 2.43. The Morgan fingerprint density at radius 3 is 2.75 bits per heavy atom. The van der Waals surface area contributed by atoms with E-state index in [9.17, 15) is 4.79 Å². The van der Waals surface area contributed by atoms with Crippen LogP contribution in [-0.4, -0.2) is 33.7 Å². The molecule has 1 aromatic heterocycles. The van der Waals surface area contributed by atoms with Crippen molar-refractivity contribution >= 4 is 5.91 Å². The molecule has 5 heteroatoms. The number of aromatic nitrogens is 2. The van der Waals surface area contributed by atoms with Crippen molar-refractivity contribution in [1.29, 1.82) is 0 Å². The molecule has 16 heavy (non-hydrogen) atoms. The number of nitrogens with two attached hydrogens (primary N) is 1. The number of nitrogens with zero attached hydrogens (tertiary/aromatic N) is 3. The molecule has 2 heterocycles. The maximum absolute atomic E-state index is 11.3. The molecule has 0 saturated heterocycles. The third kappa shape index (κ3) is 1.71. The van der Waals surface area contributed by atoms with Crippen LogP contribution in [0.15, 0.2) is 0 Å². The smallest absolute Gasteiger partial charge is 0.269 e. The van der Waals surface area contributed by atoms with Gasteiger partial charge in [0.25, 0.3) is 5.91 Å². The summed E-state index contributed by atoms with van der Waals surface area (Å²) in [5.74, 6) is -0.415. The number of primary amides is 1. The number of hydrogen-bond donors (Lipinski definition) is 1. The third-order valence-electron chi connectivity index (χ3n) is 3.19. The molecule has 0 unspecified atom stereocenters. The molecule has 0 aromatic carbocycles. The van der Waals surface area contributed by atoms with Crippen LogP contribution < -0.4 is 5.73 Å². The number of hydrogen-bond acceptors (Lipinski definition) is 3. The number of amides is 1. The van der Waals surface area contributed by atoms with Crippen LogP contribution >= 0.6 is 0 Å². The van der Waals surface area contributed by atoms with Gasteiger partial charge in [-0.2, -0.15) is 5.10 Å². The zero-order chi connectivity index (χ0) is 11.7. The van der Waals surface area contributed by atoms with Crippen molar-refractivity contribution in [2.75, 3.05) is 13.1 Å². The first kappa shape index (κ1) is 11.1. The van der Waals surface area contributed by atoms with Gasteiger partial charge in [0.05, 0.1) is 0 Å². The van der Waals surface area contributed by atoms with Gasteiger partial charge in [-0.1, -0.05) is 6.92 Å². The van der Waals surface area contributed by atoms with Crippen LogP contribution in [0.2, 0.25) is 0 Å². The second kappa shape index (κ2) is 4.25. The molecule has 0 atom stereocenters. The number of rotatable bonds is 3. The molecule has 5 nitrogen and oxygen atoms in total. The lowest BCUT2D eigenvalue weighted by Gasteiger charge is -2.26. The molecule has 1 amide bonds. The highest BCUT2D eigenvalue weighted by Crippen LogP contribution is 2.22.